The first-order valence-electron chi connectivity index (χ1n) is 9.46. The van der Waals surface area contributed by atoms with Crippen LogP contribution in [0.5, 0.6) is 0 Å². The van der Waals surface area contributed by atoms with Gasteiger partial charge in [0.2, 0.25) is 0 Å². The number of furan rings is 1. The van der Waals surface area contributed by atoms with E-state index in [4.69, 9.17) is 4.42 Å². The first-order chi connectivity index (χ1) is 14.1. The molecular weight excluding hydrogens is 399 g/mol. The van der Waals surface area contributed by atoms with Crippen molar-refractivity contribution in [1.82, 2.24) is 5.32 Å². The molecule has 2 aromatic carbocycles. The van der Waals surface area contributed by atoms with Gasteiger partial charge in [-0.25, -0.2) is 0 Å². The number of carbonyl (C=O) groups excluding carboxylic acids is 2. The summed E-state index contributed by atoms with van der Waals surface area (Å²) in [6, 6.07) is 5.81. The van der Waals surface area contributed by atoms with E-state index in [1.807, 2.05) is 13.8 Å². The third kappa shape index (κ3) is 4.48. The Kier molecular flexibility index (Phi) is 6.17. The summed E-state index contributed by atoms with van der Waals surface area (Å²) in [4.78, 5) is 23.1. The van der Waals surface area contributed by atoms with Gasteiger partial charge in [0, 0.05) is 16.3 Å². The summed E-state index contributed by atoms with van der Waals surface area (Å²) in [6.07, 6.45) is -3.76. The largest absolute Gasteiger partial charge is 0.468 e. The van der Waals surface area contributed by atoms with Crippen molar-refractivity contribution in [3.8, 4) is 0 Å². The highest BCUT2D eigenvalue weighted by Crippen LogP contribution is 2.37. The normalized spacial score (nSPS) is 14.2. The molecule has 1 heterocycles. The quantitative estimate of drug-likeness (QED) is 0.421. The predicted molar refractivity (Wildman–Crippen MR) is 106 cm³/mol. The molecule has 2 atom stereocenters. The number of nitrogens with one attached hydrogen (secondary N) is 1. The van der Waals surface area contributed by atoms with Crippen LogP contribution in [0.25, 0.3) is 21.9 Å². The molecule has 0 bridgehead atoms. The van der Waals surface area contributed by atoms with Gasteiger partial charge in [0.05, 0.1) is 7.11 Å². The van der Waals surface area contributed by atoms with Crippen LogP contribution in [0.15, 0.2) is 40.8 Å². The van der Waals surface area contributed by atoms with E-state index in [1.165, 1.54) is 18.2 Å². The Morgan fingerprint density at radius 3 is 2.47 bits per heavy atom. The number of alkyl halides is 3. The van der Waals surface area contributed by atoms with Crippen LogP contribution in [-0.4, -0.2) is 31.6 Å². The first kappa shape index (κ1) is 21.8. The van der Waals surface area contributed by atoms with Crippen molar-refractivity contribution in [1.29, 1.82) is 0 Å². The number of carbonyl (C=O) groups is 2. The van der Waals surface area contributed by atoms with Crippen LogP contribution in [0.1, 0.15) is 42.2 Å². The highest BCUT2D eigenvalue weighted by molar-refractivity contribution is 6.06. The second-order valence-electron chi connectivity index (χ2n) is 7.58. The minimum Gasteiger partial charge on any atom is -0.468 e. The van der Waals surface area contributed by atoms with Crippen LogP contribution >= 0.6 is 0 Å². The summed E-state index contributed by atoms with van der Waals surface area (Å²) < 4.78 is 52.0. The second kappa shape index (κ2) is 8.47. The lowest BCUT2D eigenvalue weighted by Gasteiger charge is -2.27. The molecule has 5 nitrogen and oxygen atoms in total. The average Bonchev–Trinajstić information content (AvgIpc) is 3.05. The fourth-order valence-electron chi connectivity index (χ4n) is 3.49. The maximum absolute atomic E-state index is 13.9. The number of rotatable bonds is 7. The van der Waals surface area contributed by atoms with Crippen LogP contribution in [0.4, 0.5) is 13.2 Å². The molecule has 0 amide bonds. The van der Waals surface area contributed by atoms with E-state index in [9.17, 15) is 22.8 Å². The van der Waals surface area contributed by atoms with Gasteiger partial charge in [0.1, 0.15) is 29.5 Å². The molecule has 0 saturated heterocycles. The lowest BCUT2D eigenvalue weighted by atomic mass is 9.99. The van der Waals surface area contributed by atoms with Gasteiger partial charge in [0.25, 0.3) is 0 Å². The van der Waals surface area contributed by atoms with Crippen molar-refractivity contribution in [3.63, 3.8) is 0 Å². The topological polar surface area (TPSA) is 68.5 Å². The van der Waals surface area contributed by atoms with E-state index < -0.39 is 24.2 Å². The number of esters is 1. The van der Waals surface area contributed by atoms with E-state index in [0.29, 0.717) is 28.2 Å². The molecular formula is C22H22F3NO4. The SMILES string of the molecule is COC(=O)C(CC(C)C)NC(c1ccc2c(c1)oc1ccc(C=O)cc12)C(F)(F)F. The Labute approximate surface area is 171 Å². The Balaban J connectivity index is 2.04. The standard InChI is InChI=1S/C22H22F3NO4/c1-12(2)8-17(21(28)29-3)26-20(22(23,24)25)14-5-6-15-16-9-13(11-27)4-7-18(16)30-19(15)10-14/h4-7,9-12,17,20,26H,8H2,1-3H3. The van der Waals surface area contributed by atoms with E-state index >= 15 is 0 Å². The highest BCUT2D eigenvalue weighted by atomic mass is 19.4. The van der Waals surface area contributed by atoms with Crippen molar-refractivity contribution >= 4 is 34.2 Å². The molecule has 2 unspecified atom stereocenters. The summed E-state index contributed by atoms with van der Waals surface area (Å²) in [5, 5.41) is 3.67. The molecule has 0 radical (unpaired) electrons. The average molecular weight is 421 g/mol. The van der Waals surface area contributed by atoms with Gasteiger partial charge in [-0.2, -0.15) is 13.2 Å². The Morgan fingerprint density at radius 1 is 1.13 bits per heavy atom. The summed E-state index contributed by atoms with van der Waals surface area (Å²) in [5.74, 6) is -0.760. The Morgan fingerprint density at radius 2 is 1.87 bits per heavy atom. The highest BCUT2D eigenvalue weighted by Gasteiger charge is 2.43. The first-order valence-corrected chi connectivity index (χ1v) is 9.46. The maximum atomic E-state index is 13.9. The maximum Gasteiger partial charge on any atom is 0.407 e. The minimum atomic E-state index is -4.65. The molecule has 0 fully saturated rings. The third-order valence-electron chi connectivity index (χ3n) is 4.88. The van der Waals surface area contributed by atoms with Crippen LogP contribution in [0.3, 0.4) is 0 Å². The van der Waals surface area contributed by atoms with E-state index in [-0.39, 0.29) is 23.5 Å². The number of halogens is 3. The fraction of sp³-hybridized carbons (Fsp3) is 0.364. The molecule has 3 aromatic rings. The predicted octanol–water partition coefficient (Wildman–Crippen LogP) is 5.18. The monoisotopic (exact) mass is 421 g/mol. The molecule has 0 aliphatic carbocycles. The van der Waals surface area contributed by atoms with Crippen LogP contribution < -0.4 is 5.32 Å². The van der Waals surface area contributed by atoms with Crippen molar-refractivity contribution in [2.75, 3.05) is 7.11 Å². The van der Waals surface area contributed by atoms with Gasteiger partial charge in [-0.15, -0.1) is 0 Å². The number of methoxy groups -OCH3 is 1. The number of aldehydes is 1. The summed E-state index contributed by atoms with van der Waals surface area (Å²) in [5.41, 5.74) is 1.10. The number of fused-ring (bicyclic) bond motifs is 3. The van der Waals surface area contributed by atoms with Crippen molar-refractivity contribution in [2.24, 2.45) is 5.92 Å². The van der Waals surface area contributed by atoms with E-state index in [2.05, 4.69) is 10.1 Å². The zero-order valence-electron chi connectivity index (χ0n) is 16.7. The molecule has 8 heteroatoms. The van der Waals surface area contributed by atoms with Gasteiger partial charge in [-0.3, -0.25) is 14.9 Å². The molecule has 30 heavy (non-hydrogen) atoms. The zero-order valence-corrected chi connectivity index (χ0v) is 16.7. The summed E-state index contributed by atoms with van der Waals surface area (Å²) in [6.45, 7) is 3.63. The Bertz CT molecular complexity index is 1070. The van der Waals surface area contributed by atoms with E-state index in [0.717, 1.165) is 7.11 Å². The summed E-state index contributed by atoms with van der Waals surface area (Å²) in [7, 11) is 1.15. The number of hydrogen-bond acceptors (Lipinski definition) is 5. The van der Waals surface area contributed by atoms with E-state index in [1.54, 1.807) is 18.2 Å². The number of ether oxygens (including phenoxy) is 1. The number of hydrogen-bond donors (Lipinski definition) is 1. The molecule has 3 rings (SSSR count). The molecule has 0 saturated carbocycles. The van der Waals surface area contributed by atoms with Crippen LogP contribution in [-0.2, 0) is 9.53 Å². The molecule has 1 N–H and O–H groups in total. The van der Waals surface area contributed by atoms with Gasteiger partial charge < -0.3 is 9.15 Å². The lowest BCUT2D eigenvalue weighted by Crippen LogP contribution is -2.45. The van der Waals surface area contributed by atoms with Gasteiger partial charge >= 0.3 is 12.1 Å². The van der Waals surface area contributed by atoms with Crippen LogP contribution in [0.2, 0.25) is 0 Å². The second-order valence-corrected chi connectivity index (χ2v) is 7.58. The third-order valence-corrected chi connectivity index (χ3v) is 4.88. The van der Waals surface area contributed by atoms with Gasteiger partial charge in [0.15, 0.2) is 0 Å². The molecule has 0 spiro atoms. The van der Waals surface area contributed by atoms with Crippen molar-refractivity contribution in [3.05, 3.63) is 47.5 Å². The molecule has 0 aliphatic heterocycles. The smallest absolute Gasteiger partial charge is 0.407 e. The zero-order chi connectivity index (χ0) is 22.1. The summed E-state index contributed by atoms with van der Waals surface area (Å²) >= 11 is 0. The van der Waals surface area contributed by atoms with Gasteiger partial charge in [-0.1, -0.05) is 26.0 Å². The fourth-order valence-corrected chi connectivity index (χ4v) is 3.49. The lowest BCUT2D eigenvalue weighted by molar-refractivity contribution is -0.164. The molecule has 0 aliphatic rings. The molecule has 1 aromatic heterocycles. The number of benzene rings is 2. The van der Waals surface area contributed by atoms with Crippen molar-refractivity contribution < 1.29 is 31.9 Å². The minimum absolute atomic E-state index is 0.0136. The van der Waals surface area contributed by atoms with Crippen LogP contribution in [0, 0.1) is 5.92 Å². The van der Waals surface area contributed by atoms with Crippen molar-refractivity contribution in [2.45, 2.75) is 38.5 Å². The van der Waals surface area contributed by atoms with Gasteiger partial charge in [-0.05, 0) is 42.2 Å². The Hall–Kier alpha value is -2.87. The molecule has 160 valence electrons.